The van der Waals surface area contributed by atoms with Crippen molar-refractivity contribution in [3.63, 3.8) is 0 Å². The fourth-order valence-corrected chi connectivity index (χ4v) is 7.35. The molecule has 0 aliphatic heterocycles. The van der Waals surface area contributed by atoms with Crippen LogP contribution in [0.3, 0.4) is 0 Å². The van der Waals surface area contributed by atoms with Crippen molar-refractivity contribution < 1.29 is 39.9 Å². The molecule has 1 aromatic rings. The third kappa shape index (κ3) is 4.71. The van der Waals surface area contributed by atoms with E-state index >= 15 is 0 Å². The lowest BCUT2D eigenvalue weighted by Gasteiger charge is -2.50. The molecule has 0 heterocycles. The number of likely N-dealkylation sites (N-methyl/N-ethyl adjacent to an activating group) is 2. The Morgan fingerprint density at radius 2 is 1.83 bits per heavy atom. The monoisotopic (exact) mass is 605 g/mol. The van der Waals surface area contributed by atoms with E-state index in [0.29, 0.717) is 24.2 Å². The van der Waals surface area contributed by atoms with Crippen molar-refractivity contribution in [3.8, 4) is 5.75 Å². The Morgan fingerprint density at radius 1 is 1.21 bits per heavy atom. The number of carbonyl (C=O) groups excluding carboxylic acids is 3. The van der Waals surface area contributed by atoms with Crippen LogP contribution in [0.5, 0.6) is 5.75 Å². The fourth-order valence-electron chi connectivity index (χ4n) is 7.07. The molecule has 0 bridgehead atoms. The summed E-state index contributed by atoms with van der Waals surface area (Å²) in [7, 11) is 3.15. The van der Waals surface area contributed by atoms with E-state index in [1.54, 1.807) is 14.1 Å². The van der Waals surface area contributed by atoms with Crippen molar-refractivity contribution in [2.24, 2.45) is 23.0 Å². The highest BCUT2D eigenvalue weighted by Crippen LogP contribution is 2.53. The van der Waals surface area contributed by atoms with Crippen LogP contribution in [0.1, 0.15) is 55.6 Å². The van der Waals surface area contributed by atoms with Crippen molar-refractivity contribution in [3.05, 3.63) is 50.4 Å². The quantitative estimate of drug-likeness (QED) is 0.251. The van der Waals surface area contributed by atoms with Gasteiger partial charge in [0.2, 0.25) is 5.78 Å². The van der Waals surface area contributed by atoms with E-state index in [-0.39, 0.29) is 52.8 Å². The average molecular weight is 606 g/mol. The molecule has 11 nitrogen and oxygen atoms in total. The average Bonchev–Trinajstić information content (AvgIpc) is 2.87. The maximum Gasteiger partial charge on any atom is 0.255 e. The second kappa shape index (κ2) is 10.9. The molecule has 0 aromatic heterocycles. The number of hydrogen-bond donors (Lipinski definition) is 6. The van der Waals surface area contributed by atoms with Crippen LogP contribution >= 0.6 is 11.6 Å². The molecule has 4 rings (SSSR count). The van der Waals surface area contributed by atoms with E-state index in [2.05, 4.69) is 0 Å². The Bertz CT molecular complexity index is 1410. The van der Waals surface area contributed by atoms with Crippen LogP contribution in [-0.4, -0.2) is 97.7 Å². The molecule has 3 aliphatic rings. The molecule has 0 unspecified atom stereocenters. The number of hydrogen-bond acceptors (Lipinski definition) is 10. The fraction of sp³-hybridized carbons (Fsp3) is 0.567. The number of benzene rings is 1. The van der Waals surface area contributed by atoms with Crippen molar-refractivity contribution in [2.45, 2.75) is 64.8 Å². The van der Waals surface area contributed by atoms with Gasteiger partial charge >= 0.3 is 0 Å². The molecule has 42 heavy (non-hydrogen) atoms. The van der Waals surface area contributed by atoms with Crippen LogP contribution in [0.25, 0.3) is 0 Å². The number of carbonyl (C=O) groups is 3. The summed E-state index contributed by atoms with van der Waals surface area (Å²) < 4.78 is 0. The molecule has 230 valence electrons. The first-order valence-electron chi connectivity index (χ1n) is 14.0. The molecular weight excluding hydrogens is 566 g/mol. The maximum atomic E-state index is 13.9. The zero-order valence-electron chi connectivity index (χ0n) is 24.7. The topological polar surface area (TPSA) is 185 Å². The van der Waals surface area contributed by atoms with Gasteiger partial charge in [0.1, 0.15) is 22.8 Å². The van der Waals surface area contributed by atoms with Gasteiger partial charge in [0.05, 0.1) is 18.2 Å². The molecule has 5 atom stereocenters. The van der Waals surface area contributed by atoms with Gasteiger partial charge in [-0.25, -0.2) is 0 Å². The Hall–Kier alpha value is -2.96. The van der Waals surface area contributed by atoms with Gasteiger partial charge in [0.15, 0.2) is 11.4 Å². The van der Waals surface area contributed by atoms with E-state index in [1.165, 1.54) is 11.0 Å². The van der Waals surface area contributed by atoms with Crippen LogP contribution in [0.2, 0.25) is 5.02 Å². The van der Waals surface area contributed by atoms with Crippen molar-refractivity contribution in [1.29, 1.82) is 0 Å². The summed E-state index contributed by atoms with van der Waals surface area (Å²) in [6.07, 6.45) is 0.0778. The number of aliphatic hydroxyl groups is 4. The summed E-state index contributed by atoms with van der Waals surface area (Å²) in [4.78, 5) is 42.9. The first-order valence-corrected chi connectivity index (χ1v) is 14.3. The Labute approximate surface area is 249 Å². The van der Waals surface area contributed by atoms with Crippen molar-refractivity contribution >= 4 is 29.1 Å². The molecule has 0 spiro atoms. The highest BCUT2D eigenvalue weighted by atomic mass is 35.5. The van der Waals surface area contributed by atoms with Gasteiger partial charge in [-0.1, -0.05) is 39.3 Å². The van der Waals surface area contributed by atoms with Gasteiger partial charge in [0, 0.05) is 29.1 Å². The first kappa shape index (κ1) is 32.0. The number of Topliss-reactive ketones (excluding diaryl/α,β-unsaturated/α-hetero) is 2. The number of aromatic hydroxyl groups is 1. The lowest BCUT2D eigenvalue weighted by atomic mass is 9.58. The SMILES string of the molecule is CCN(Cc1cc(O)c2c(c1Cl)C[C@H]1C[C@H]3[C@H](N(C)C)C(O)=C(C(N)=O)C(=O)[C@@]3(O)C(O)=C1C2=O)[C@H](CO)C(C)(C)C. The second-order valence-corrected chi connectivity index (χ2v) is 13.2. The van der Waals surface area contributed by atoms with E-state index in [4.69, 9.17) is 17.3 Å². The molecule has 0 saturated heterocycles. The van der Waals surface area contributed by atoms with Gasteiger partial charge in [0.25, 0.3) is 5.91 Å². The van der Waals surface area contributed by atoms with Gasteiger partial charge in [-0.05, 0) is 62.0 Å². The lowest BCUT2D eigenvalue weighted by molar-refractivity contribution is -0.148. The van der Waals surface area contributed by atoms with Crippen molar-refractivity contribution in [2.75, 3.05) is 27.2 Å². The van der Waals surface area contributed by atoms with Crippen molar-refractivity contribution in [1.82, 2.24) is 9.80 Å². The minimum absolute atomic E-state index is 0.0230. The molecule has 0 radical (unpaired) electrons. The maximum absolute atomic E-state index is 13.9. The number of phenolic OH excluding ortho intramolecular Hbond substituents is 1. The van der Waals surface area contributed by atoms with Crippen LogP contribution in [-0.2, 0) is 22.6 Å². The second-order valence-electron chi connectivity index (χ2n) is 12.8. The minimum Gasteiger partial charge on any atom is -0.510 e. The number of nitrogens with two attached hydrogens (primary N) is 1. The van der Waals surface area contributed by atoms with Gasteiger partial charge in [-0.15, -0.1) is 0 Å². The number of fused-ring (bicyclic) bond motifs is 3. The first-order chi connectivity index (χ1) is 19.4. The number of halogens is 1. The van der Waals surface area contributed by atoms with Gasteiger partial charge in [-0.3, -0.25) is 24.2 Å². The lowest BCUT2D eigenvalue weighted by Crippen LogP contribution is -2.63. The summed E-state index contributed by atoms with van der Waals surface area (Å²) in [6.45, 7) is 8.79. The van der Waals surface area contributed by atoms with E-state index in [1.807, 2.05) is 32.6 Å². The summed E-state index contributed by atoms with van der Waals surface area (Å²) in [5.41, 5.74) is 2.12. The van der Waals surface area contributed by atoms with Crippen LogP contribution in [0.4, 0.5) is 0 Å². The third-order valence-electron chi connectivity index (χ3n) is 9.12. The van der Waals surface area contributed by atoms with Gasteiger partial charge in [-0.2, -0.15) is 0 Å². The highest BCUT2D eigenvalue weighted by molar-refractivity contribution is 6.33. The predicted molar refractivity (Wildman–Crippen MR) is 155 cm³/mol. The third-order valence-corrected chi connectivity index (χ3v) is 9.59. The Balaban J connectivity index is 1.85. The number of aliphatic hydroxyl groups excluding tert-OH is 3. The van der Waals surface area contributed by atoms with Gasteiger partial charge < -0.3 is 31.3 Å². The van der Waals surface area contributed by atoms with E-state index in [0.717, 1.165) is 0 Å². The molecule has 3 aliphatic carbocycles. The largest absolute Gasteiger partial charge is 0.510 e. The smallest absolute Gasteiger partial charge is 0.255 e. The van der Waals surface area contributed by atoms with Crippen LogP contribution in [0, 0.1) is 17.3 Å². The number of nitrogens with zero attached hydrogens (tertiary/aromatic N) is 2. The predicted octanol–water partition coefficient (Wildman–Crippen LogP) is 2.00. The zero-order valence-corrected chi connectivity index (χ0v) is 25.5. The number of primary amides is 1. The normalized spacial score (nSPS) is 26.9. The van der Waals surface area contributed by atoms with Crippen LogP contribution in [0.15, 0.2) is 28.7 Å². The number of amides is 1. The Morgan fingerprint density at radius 3 is 2.33 bits per heavy atom. The summed E-state index contributed by atoms with van der Waals surface area (Å²) in [5, 5.41) is 55.5. The molecule has 0 fully saturated rings. The summed E-state index contributed by atoms with van der Waals surface area (Å²) in [5.74, 6) is -7.10. The summed E-state index contributed by atoms with van der Waals surface area (Å²) in [6, 6.07) is 0.104. The standard InChI is InChI=1S/C30H40ClN3O8/c1-7-34(18(12-35)29(2,3)4)11-14-10-17(36)20-15(22(14)31)8-13-9-16-23(33(5)6)25(38)21(28(32)41)27(40)30(16,42)26(39)19(13)24(20)37/h10,13,16,18,23,35-36,38-39,42H,7-9,11-12H2,1-6H3,(H2,32,41)/t13-,16-,18+,23-,30-/m0/s1. The van der Waals surface area contributed by atoms with Crippen LogP contribution < -0.4 is 5.73 Å². The van der Waals surface area contributed by atoms with E-state index < -0.39 is 58.0 Å². The summed E-state index contributed by atoms with van der Waals surface area (Å²) >= 11 is 6.90. The molecule has 0 saturated carbocycles. The minimum atomic E-state index is -2.70. The molecule has 1 aromatic carbocycles. The molecule has 7 N–H and O–H groups in total. The number of allylic oxidation sites excluding steroid dienone is 1. The molecule has 12 heteroatoms. The number of rotatable bonds is 7. The van der Waals surface area contributed by atoms with E-state index in [9.17, 15) is 39.9 Å². The number of ketones is 2. The molecule has 1 amide bonds. The zero-order chi connectivity index (χ0) is 31.6. The Kier molecular flexibility index (Phi) is 8.33. The highest BCUT2D eigenvalue weighted by Gasteiger charge is 2.63. The number of phenols is 1. The molecular formula is C30H40ClN3O8.